The summed E-state index contributed by atoms with van der Waals surface area (Å²) in [4.78, 5) is 25.7. The van der Waals surface area contributed by atoms with Crippen molar-refractivity contribution >= 4 is 23.2 Å². The summed E-state index contributed by atoms with van der Waals surface area (Å²) in [5, 5.41) is 2.75. The van der Waals surface area contributed by atoms with Crippen molar-refractivity contribution in [3.63, 3.8) is 0 Å². The molecule has 0 fully saturated rings. The molecule has 0 atom stereocenters. The minimum absolute atomic E-state index is 0.0207. The van der Waals surface area contributed by atoms with E-state index in [1.165, 1.54) is 0 Å². The third-order valence-corrected chi connectivity index (χ3v) is 3.29. The second-order valence-corrected chi connectivity index (χ2v) is 4.87. The smallest absolute Gasteiger partial charge is 0.253 e. The normalized spacial score (nSPS) is 13.2. The van der Waals surface area contributed by atoms with Gasteiger partial charge in [-0.25, -0.2) is 0 Å². The Bertz CT molecular complexity index is 561. The van der Waals surface area contributed by atoms with Crippen molar-refractivity contribution in [2.45, 2.75) is 13.8 Å². The molecule has 1 aliphatic rings. The largest absolute Gasteiger partial charge is 0.487 e. The molecule has 2 amide bonds. The first-order chi connectivity index (χ1) is 11.2. The molecule has 2 rings (SSSR count). The van der Waals surface area contributed by atoms with Crippen LogP contribution in [0.25, 0.3) is 0 Å². The maximum Gasteiger partial charge on any atom is 0.253 e. The molecule has 0 radical (unpaired) electrons. The third-order valence-electron chi connectivity index (χ3n) is 3.29. The predicted molar refractivity (Wildman–Crippen MR) is 85.9 cm³/mol. The maximum atomic E-state index is 12.2. The van der Waals surface area contributed by atoms with Crippen LogP contribution >= 0.6 is 0 Å². The Labute approximate surface area is 135 Å². The second kappa shape index (κ2) is 8.50. The van der Waals surface area contributed by atoms with Gasteiger partial charge in [-0.05, 0) is 26.0 Å². The average Bonchev–Trinajstić information content (AvgIpc) is 2.57. The molecule has 0 aromatic heterocycles. The molecule has 0 unspecified atom stereocenters. The predicted octanol–water partition coefficient (Wildman–Crippen LogP) is 1.42. The highest BCUT2D eigenvalue weighted by atomic mass is 16.5. The molecule has 1 N–H and O–H groups in total. The number of para-hydroxylation sites is 1. The van der Waals surface area contributed by atoms with Crippen LogP contribution in [-0.2, 0) is 19.1 Å². The Kier molecular flexibility index (Phi) is 6.37. The maximum absolute atomic E-state index is 12.2. The molecule has 1 aromatic rings. The van der Waals surface area contributed by atoms with Gasteiger partial charge in [0.2, 0.25) is 5.91 Å². The van der Waals surface area contributed by atoms with Gasteiger partial charge in [-0.1, -0.05) is 6.07 Å². The van der Waals surface area contributed by atoms with Gasteiger partial charge < -0.3 is 24.4 Å². The number of carbonyl (C=O) groups is 2. The highest BCUT2D eigenvalue weighted by molar-refractivity contribution is 6.00. The standard InChI is InChI=1S/C16H22N2O5/c1-3-21-10-14(19)17-12-6-5-7-13-16(12)23-9-8-18(13)15(20)11-22-4-2/h5-7H,3-4,8-11H2,1-2H3,(H,17,19). The van der Waals surface area contributed by atoms with Gasteiger partial charge in [0.05, 0.1) is 17.9 Å². The second-order valence-electron chi connectivity index (χ2n) is 4.87. The Hall–Kier alpha value is -2.12. The molecule has 0 aliphatic carbocycles. The first-order valence-corrected chi connectivity index (χ1v) is 7.68. The van der Waals surface area contributed by atoms with Crippen molar-refractivity contribution in [2.24, 2.45) is 0 Å². The monoisotopic (exact) mass is 322 g/mol. The highest BCUT2D eigenvalue weighted by Crippen LogP contribution is 2.38. The first-order valence-electron chi connectivity index (χ1n) is 7.68. The summed E-state index contributed by atoms with van der Waals surface area (Å²) >= 11 is 0. The summed E-state index contributed by atoms with van der Waals surface area (Å²) in [6.07, 6.45) is 0. The van der Waals surface area contributed by atoms with Crippen LogP contribution in [0.1, 0.15) is 13.8 Å². The zero-order valence-corrected chi connectivity index (χ0v) is 13.5. The summed E-state index contributed by atoms with van der Waals surface area (Å²) in [6.45, 7) is 5.44. The van der Waals surface area contributed by atoms with Crippen molar-refractivity contribution in [3.8, 4) is 5.75 Å². The van der Waals surface area contributed by atoms with Crippen molar-refractivity contribution in [1.29, 1.82) is 0 Å². The van der Waals surface area contributed by atoms with Crippen molar-refractivity contribution in [1.82, 2.24) is 0 Å². The lowest BCUT2D eigenvalue weighted by atomic mass is 10.2. The molecule has 1 heterocycles. The molecule has 1 aromatic carbocycles. The van der Waals surface area contributed by atoms with E-state index >= 15 is 0 Å². The van der Waals surface area contributed by atoms with E-state index in [0.29, 0.717) is 43.5 Å². The third kappa shape index (κ3) is 4.43. The number of amides is 2. The first kappa shape index (κ1) is 17.2. The van der Waals surface area contributed by atoms with E-state index in [1.807, 2.05) is 13.8 Å². The summed E-state index contributed by atoms with van der Waals surface area (Å²) in [5.74, 6) is 0.101. The molecule has 7 heteroatoms. The Morgan fingerprint density at radius 2 is 1.96 bits per heavy atom. The average molecular weight is 322 g/mol. The Balaban J connectivity index is 2.16. The van der Waals surface area contributed by atoms with Crippen LogP contribution < -0.4 is 15.0 Å². The topological polar surface area (TPSA) is 77.1 Å². The molecular weight excluding hydrogens is 300 g/mol. The summed E-state index contributed by atoms with van der Waals surface area (Å²) in [7, 11) is 0. The molecule has 0 saturated heterocycles. The van der Waals surface area contributed by atoms with Crippen molar-refractivity contribution in [2.75, 3.05) is 49.8 Å². The van der Waals surface area contributed by atoms with Crippen LogP contribution in [0, 0.1) is 0 Å². The van der Waals surface area contributed by atoms with Gasteiger partial charge in [0, 0.05) is 13.2 Å². The van der Waals surface area contributed by atoms with Crippen LogP contribution in [0.15, 0.2) is 18.2 Å². The minimum atomic E-state index is -0.262. The fraction of sp³-hybridized carbons (Fsp3) is 0.500. The van der Waals surface area contributed by atoms with Crippen LogP contribution in [0.3, 0.4) is 0 Å². The molecule has 23 heavy (non-hydrogen) atoms. The van der Waals surface area contributed by atoms with E-state index in [1.54, 1.807) is 23.1 Å². The van der Waals surface area contributed by atoms with Crippen molar-refractivity contribution < 1.29 is 23.8 Å². The van der Waals surface area contributed by atoms with E-state index in [0.717, 1.165) is 0 Å². The number of hydrogen-bond donors (Lipinski definition) is 1. The Morgan fingerprint density at radius 1 is 1.22 bits per heavy atom. The van der Waals surface area contributed by atoms with E-state index in [2.05, 4.69) is 5.32 Å². The van der Waals surface area contributed by atoms with Crippen molar-refractivity contribution in [3.05, 3.63) is 18.2 Å². The SMILES string of the molecule is CCOCC(=O)Nc1cccc2c1OCCN2C(=O)COCC. The quantitative estimate of drug-likeness (QED) is 0.821. The summed E-state index contributed by atoms with van der Waals surface area (Å²) in [5.41, 5.74) is 1.16. The zero-order valence-electron chi connectivity index (χ0n) is 13.5. The number of carbonyl (C=O) groups excluding carboxylic acids is 2. The highest BCUT2D eigenvalue weighted by Gasteiger charge is 2.26. The van der Waals surface area contributed by atoms with E-state index in [9.17, 15) is 9.59 Å². The number of nitrogens with one attached hydrogen (secondary N) is 1. The lowest BCUT2D eigenvalue weighted by Gasteiger charge is -2.30. The zero-order chi connectivity index (χ0) is 16.7. The minimum Gasteiger partial charge on any atom is -0.487 e. The van der Waals surface area contributed by atoms with Gasteiger partial charge in [-0.3, -0.25) is 9.59 Å². The number of fused-ring (bicyclic) bond motifs is 1. The number of hydrogen-bond acceptors (Lipinski definition) is 5. The molecule has 7 nitrogen and oxygen atoms in total. The van der Waals surface area contributed by atoms with Crippen LogP contribution in [0.2, 0.25) is 0 Å². The molecule has 0 bridgehead atoms. The number of ether oxygens (including phenoxy) is 3. The van der Waals surface area contributed by atoms with E-state index in [4.69, 9.17) is 14.2 Å². The number of nitrogens with zero attached hydrogens (tertiary/aromatic N) is 1. The lowest BCUT2D eigenvalue weighted by molar-refractivity contribution is -0.123. The summed E-state index contributed by atoms with van der Waals surface area (Å²) < 4.78 is 15.9. The lowest BCUT2D eigenvalue weighted by Crippen LogP contribution is -2.40. The van der Waals surface area contributed by atoms with Gasteiger partial charge in [0.15, 0.2) is 5.75 Å². The fourth-order valence-electron chi connectivity index (χ4n) is 2.25. The van der Waals surface area contributed by atoms with Crippen LogP contribution in [0.4, 0.5) is 11.4 Å². The van der Waals surface area contributed by atoms with Gasteiger partial charge in [0.25, 0.3) is 5.91 Å². The van der Waals surface area contributed by atoms with E-state index < -0.39 is 0 Å². The van der Waals surface area contributed by atoms with Crippen LogP contribution in [-0.4, -0.2) is 51.4 Å². The number of rotatable bonds is 7. The van der Waals surface area contributed by atoms with Gasteiger partial charge in [-0.15, -0.1) is 0 Å². The molecular formula is C16H22N2O5. The number of benzene rings is 1. The molecule has 1 aliphatic heterocycles. The van der Waals surface area contributed by atoms with Gasteiger partial charge in [0.1, 0.15) is 19.8 Å². The summed E-state index contributed by atoms with van der Waals surface area (Å²) in [6, 6.07) is 5.29. The van der Waals surface area contributed by atoms with Crippen LogP contribution in [0.5, 0.6) is 5.75 Å². The molecule has 126 valence electrons. The Morgan fingerprint density at radius 3 is 2.70 bits per heavy atom. The molecule has 0 spiro atoms. The van der Waals surface area contributed by atoms with Gasteiger partial charge in [-0.2, -0.15) is 0 Å². The fourth-order valence-corrected chi connectivity index (χ4v) is 2.25. The number of anilines is 2. The molecule has 0 saturated carbocycles. The van der Waals surface area contributed by atoms with E-state index in [-0.39, 0.29) is 25.0 Å². The van der Waals surface area contributed by atoms with Gasteiger partial charge >= 0.3 is 0 Å².